The lowest BCUT2D eigenvalue weighted by atomic mass is 10.1. The van der Waals surface area contributed by atoms with Gasteiger partial charge in [-0.15, -0.1) is 0 Å². The minimum Gasteiger partial charge on any atom is -0.488 e. The maximum Gasteiger partial charge on any atom is 0.166 e. The molecule has 1 unspecified atom stereocenters. The SMILES string of the molecule is CC(CCCNC(C)(C)C)Oc1ccc(Br)cc1F. The van der Waals surface area contributed by atoms with Crippen molar-refractivity contribution in [2.24, 2.45) is 0 Å². The summed E-state index contributed by atoms with van der Waals surface area (Å²) in [7, 11) is 0. The van der Waals surface area contributed by atoms with Gasteiger partial charge in [-0.25, -0.2) is 4.39 Å². The van der Waals surface area contributed by atoms with Crippen LogP contribution < -0.4 is 10.1 Å². The Labute approximate surface area is 123 Å². The summed E-state index contributed by atoms with van der Waals surface area (Å²) in [5, 5.41) is 3.42. The van der Waals surface area contributed by atoms with Gasteiger partial charge in [-0.3, -0.25) is 0 Å². The summed E-state index contributed by atoms with van der Waals surface area (Å²) < 4.78 is 19.9. The predicted octanol–water partition coefficient (Wildman–Crippen LogP) is 4.52. The highest BCUT2D eigenvalue weighted by molar-refractivity contribution is 9.10. The van der Waals surface area contributed by atoms with Gasteiger partial charge in [0.15, 0.2) is 11.6 Å². The Morgan fingerprint density at radius 2 is 2.05 bits per heavy atom. The molecule has 19 heavy (non-hydrogen) atoms. The summed E-state index contributed by atoms with van der Waals surface area (Å²) in [5.41, 5.74) is 0.141. The standard InChI is InChI=1S/C15H23BrFNO/c1-11(6-5-9-18-15(2,3)4)19-14-8-7-12(16)10-13(14)17/h7-8,10-11,18H,5-6,9H2,1-4H3. The molecule has 0 saturated carbocycles. The maximum absolute atomic E-state index is 13.6. The topological polar surface area (TPSA) is 21.3 Å². The third-order valence-corrected chi connectivity index (χ3v) is 3.16. The zero-order valence-electron chi connectivity index (χ0n) is 12.1. The van der Waals surface area contributed by atoms with Gasteiger partial charge >= 0.3 is 0 Å². The van der Waals surface area contributed by atoms with Gasteiger partial charge in [0.05, 0.1) is 6.10 Å². The van der Waals surface area contributed by atoms with Crippen molar-refractivity contribution in [3.63, 3.8) is 0 Å². The third kappa shape index (κ3) is 6.92. The number of hydrogen-bond acceptors (Lipinski definition) is 2. The molecule has 1 atom stereocenters. The lowest BCUT2D eigenvalue weighted by Crippen LogP contribution is -2.36. The number of ether oxygens (including phenoxy) is 1. The van der Waals surface area contributed by atoms with Gasteiger partial charge in [-0.1, -0.05) is 15.9 Å². The second-order valence-electron chi connectivity index (χ2n) is 5.82. The van der Waals surface area contributed by atoms with Crippen LogP contribution in [0.3, 0.4) is 0 Å². The van der Waals surface area contributed by atoms with Crippen molar-refractivity contribution < 1.29 is 9.13 Å². The highest BCUT2D eigenvalue weighted by Gasteiger charge is 2.11. The Morgan fingerprint density at radius 1 is 1.37 bits per heavy atom. The van der Waals surface area contributed by atoms with Crippen molar-refractivity contribution in [3.8, 4) is 5.75 Å². The number of halogens is 2. The first kappa shape index (κ1) is 16.4. The summed E-state index contributed by atoms with van der Waals surface area (Å²) in [6, 6.07) is 4.86. The number of benzene rings is 1. The first-order valence-corrected chi connectivity index (χ1v) is 7.44. The molecule has 0 bridgehead atoms. The molecular formula is C15H23BrFNO. The molecule has 0 heterocycles. The molecule has 1 rings (SSSR count). The molecule has 0 spiro atoms. The van der Waals surface area contributed by atoms with E-state index in [1.54, 1.807) is 12.1 Å². The fourth-order valence-electron chi connectivity index (χ4n) is 1.70. The fraction of sp³-hybridized carbons (Fsp3) is 0.600. The van der Waals surface area contributed by atoms with Crippen molar-refractivity contribution in [2.75, 3.05) is 6.54 Å². The molecule has 0 amide bonds. The van der Waals surface area contributed by atoms with Crippen molar-refractivity contribution >= 4 is 15.9 Å². The van der Waals surface area contributed by atoms with E-state index in [-0.39, 0.29) is 17.5 Å². The van der Waals surface area contributed by atoms with Gasteiger partial charge in [0, 0.05) is 10.0 Å². The highest BCUT2D eigenvalue weighted by atomic mass is 79.9. The molecule has 0 aliphatic rings. The van der Waals surface area contributed by atoms with E-state index in [0.29, 0.717) is 5.75 Å². The van der Waals surface area contributed by atoms with Crippen molar-refractivity contribution in [1.29, 1.82) is 0 Å². The second kappa shape index (κ2) is 7.25. The molecule has 0 aliphatic carbocycles. The number of nitrogens with one attached hydrogen (secondary N) is 1. The molecule has 0 fully saturated rings. The molecule has 0 aliphatic heterocycles. The average molecular weight is 332 g/mol. The molecule has 0 radical (unpaired) electrons. The monoisotopic (exact) mass is 331 g/mol. The predicted molar refractivity (Wildman–Crippen MR) is 81.2 cm³/mol. The third-order valence-electron chi connectivity index (χ3n) is 2.66. The largest absolute Gasteiger partial charge is 0.488 e. The normalized spacial score (nSPS) is 13.4. The van der Waals surface area contributed by atoms with E-state index >= 15 is 0 Å². The Morgan fingerprint density at radius 3 is 2.63 bits per heavy atom. The highest BCUT2D eigenvalue weighted by Crippen LogP contribution is 2.23. The first-order valence-electron chi connectivity index (χ1n) is 6.64. The maximum atomic E-state index is 13.6. The van der Waals surface area contributed by atoms with Gasteiger partial charge in [0.1, 0.15) is 0 Å². The molecule has 0 aromatic heterocycles. The van der Waals surface area contributed by atoms with Gasteiger partial charge in [0.25, 0.3) is 0 Å². The van der Waals surface area contributed by atoms with E-state index in [9.17, 15) is 4.39 Å². The van der Waals surface area contributed by atoms with Crippen LogP contribution in [0.4, 0.5) is 4.39 Å². The minimum absolute atomic E-state index is 0.0115. The van der Waals surface area contributed by atoms with Crippen LogP contribution in [0, 0.1) is 5.82 Å². The van der Waals surface area contributed by atoms with Crippen LogP contribution in [0.1, 0.15) is 40.5 Å². The van der Waals surface area contributed by atoms with Crippen molar-refractivity contribution in [1.82, 2.24) is 5.32 Å². The second-order valence-corrected chi connectivity index (χ2v) is 6.74. The molecule has 0 saturated heterocycles. The number of hydrogen-bond donors (Lipinski definition) is 1. The molecular weight excluding hydrogens is 309 g/mol. The van der Waals surface area contributed by atoms with Gasteiger partial charge in [-0.2, -0.15) is 0 Å². The Bertz CT molecular complexity index is 404. The minimum atomic E-state index is -0.325. The van der Waals surface area contributed by atoms with E-state index in [1.165, 1.54) is 6.07 Å². The summed E-state index contributed by atoms with van der Waals surface area (Å²) >= 11 is 3.23. The van der Waals surface area contributed by atoms with E-state index in [0.717, 1.165) is 23.9 Å². The summed E-state index contributed by atoms with van der Waals surface area (Å²) in [6.07, 6.45) is 1.92. The van der Waals surface area contributed by atoms with E-state index in [1.807, 2.05) is 6.92 Å². The summed E-state index contributed by atoms with van der Waals surface area (Å²) in [4.78, 5) is 0. The lowest BCUT2D eigenvalue weighted by molar-refractivity contribution is 0.197. The summed E-state index contributed by atoms with van der Waals surface area (Å²) in [6.45, 7) is 9.34. The molecule has 1 N–H and O–H groups in total. The first-order chi connectivity index (χ1) is 8.78. The van der Waals surface area contributed by atoms with Crippen LogP contribution in [0.25, 0.3) is 0 Å². The smallest absolute Gasteiger partial charge is 0.166 e. The quantitative estimate of drug-likeness (QED) is 0.773. The Balaban J connectivity index is 2.33. The molecule has 108 valence electrons. The van der Waals surface area contributed by atoms with Crippen LogP contribution in [-0.4, -0.2) is 18.2 Å². The van der Waals surface area contributed by atoms with E-state index < -0.39 is 0 Å². The van der Waals surface area contributed by atoms with Crippen molar-refractivity contribution in [3.05, 3.63) is 28.5 Å². The number of rotatable bonds is 6. The fourth-order valence-corrected chi connectivity index (χ4v) is 2.03. The molecule has 1 aromatic rings. The molecule has 1 aromatic carbocycles. The summed E-state index contributed by atoms with van der Waals surface area (Å²) in [5.74, 6) is -0.00600. The van der Waals surface area contributed by atoms with Gasteiger partial charge in [-0.05, 0) is 65.3 Å². The van der Waals surface area contributed by atoms with Gasteiger partial charge in [0.2, 0.25) is 0 Å². The van der Waals surface area contributed by atoms with Crippen LogP contribution in [0.2, 0.25) is 0 Å². The average Bonchev–Trinajstić information content (AvgIpc) is 2.27. The van der Waals surface area contributed by atoms with Crippen LogP contribution in [0.5, 0.6) is 5.75 Å². The van der Waals surface area contributed by atoms with E-state index in [4.69, 9.17) is 4.74 Å². The Kier molecular flexibility index (Phi) is 6.27. The molecule has 4 heteroatoms. The van der Waals surface area contributed by atoms with Gasteiger partial charge < -0.3 is 10.1 Å². The zero-order valence-corrected chi connectivity index (χ0v) is 13.7. The van der Waals surface area contributed by atoms with Crippen LogP contribution >= 0.6 is 15.9 Å². The zero-order chi connectivity index (χ0) is 14.5. The molecule has 2 nitrogen and oxygen atoms in total. The van der Waals surface area contributed by atoms with E-state index in [2.05, 4.69) is 42.0 Å². The van der Waals surface area contributed by atoms with Crippen LogP contribution in [-0.2, 0) is 0 Å². The van der Waals surface area contributed by atoms with Crippen LogP contribution in [0.15, 0.2) is 22.7 Å². The Hall–Kier alpha value is -0.610. The van der Waals surface area contributed by atoms with Crippen molar-refractivity contribution in [2.45, 2.75) is 52.2 Å². The lowest BCUT2D eigenvalue weighted by Gasteiger charge is -2.21.